The van der Waals surface area contributed by atoms with Crippen LogP contribution in [0.2, 0.25) is 0 Å². The zero-order valence-corrected chi connectivity index (χ0v) is 13.6. The zero-order valence-electron chi connectivity index (χ0n) is 12.7. The number of hydrogen-bond acceptors (Lipinski definition) is 6. The molecule has 1 aliphatic rings. The average Bonchev–Trinajstić information content (AvgIpc) is 2.93. The zero-order chi connectivity index (χ0) is 15.5. The van der Waals surface area contributed by atoms with Gasteiger partial charge in [0.05, 0.1) is 0 Å². The van der Waals surface area contributed by atoms with Gasteiger partial charge in [0.1, 0.15) is 10.8 Å². The summed E-state index contributed by atoms with van der Waals surface area (Å²) in [7, 11) is 0. The van der Waals surface area contributed by atoms with Crippen LogP contribution in [0.3, 0.4) is 0 Å². The van der Waals surface area contributed by atoms with Crippen molar-refractivity contribution >= 4 is 28.2 Å². The molecule has 1 saturated heterocycles. The standard InChI is InChI=1S/C15H19N5OS/c1-10-18-19-15(22-10)17-14-7-3-6-13(16-14)12-5-4-8-20(9-12)11(2)21/h3,6-7,12H,4-5,8-9H2,1-2H3,(H,16,17,19)/t12-/m0/s1. The molecule has 0 aromatic carbocycles. The van der Waals surface area contributed by atoms with E-state index in [0.29, 0.717) is 5.92 Å². The summed E-state index contributed by atoms with van der Waals surface area (Å²) in [6, 6.07) is 5.95. The first kappa shape index (κ1) is 14.9. The lowest BCUT2D eigenvalue weighted by molar-refractivity contribution is -0.130. The summed E-state index contributed by atoms with van der Waals surface area (Å²) < 4.78 is 0. The van der Waals surface area contributed by atoms with Crippen LogP contribution in [0.4, 0.5) is 10.9 Å². The van der Waals surface area contributed by atoms with Crippen molar-refractivity contribution in [2.45, 2.75) is 32.6 Å². The number of hydrogen-bond donors (Lipinski definition) is 1. The van der Waals surface area contributed by atoms with Crippen molar-refractivity contribution in [2.75, 3.05) is 18.4 Å². The van der Waals surface area contributed by atoms with Gasteiger partial charge in [-0.05, 0) is 31.9 Å². The summed E-state index contributed by atoms with van der Waals surface area (Å²) >= 11 is 1.50. The van der Waals surface area contributed by atoms with Gasteiger partial charge in [-0.15, -0.1) is 10.2 Å². The average molecular weight is 317 g/mol. The molecule has 1 atom stereocenters. The van der Waals surface area contributed by atoms with Gasteiger partial charge in [-0.1, -0.05) is 17.4 Å². The number of aryl methyl sites for hydroxylation is 1. The van der Waals surface area contributed by atoms with Gasteiger partial charge in [-0.25, -0.2) is 4.98 Å². The van der Waals surface area contributed by atoms with E-state index >= 15 is 0 Å². The normalized spacial score (nSPS) is 18.3. The maximum atomic E-state index is 11.6. The quantitative estimate of drug-likeness (QED) is 0.942. The van der Waals surface area contributed by atoms with Crippen molar-refractivity contribution in [3.8, 4) is 0 Å². The second-order valence-corrected chi connectivity index (χ2v) is 6.68. The molecular weight excluding hydrogens is 298 g/mol. The summed E-state index contributed by atoms with van der Waals surface area (Å²) in [5.41, 5.74) is 1.03. The van der Waals surface area contributed by atoms with Crippen LogP contribution in [-0.2, 0) is 4.79 Å². The Balaban J connectivity index is 1.74. The Morgan fingerprint density at radius 3 is 3.00 bits per heavy atom. The molecule has 0 bridgehead atoms. The van der Waals surface area contributed by atoms with Crippen LogP contribution in [0.15, 0.2) is 18.2 Å². The van der Waals surface area contributed by atoms with Crippen LogP contribution < -0.4 is 5.32 Å². The molecule has 0 saturated carbocycles. The fraction of sp³-hybridized carbons (Fsp3) is 0.467. The van der Waals surface area contributed by atoms with E-state index in [2.05, 4.69) is 20.5 Å². The first-order valence-corrected chi connectivity index (χ1v) is 8.23. The number of pyridine rings is 1. The summed E-state index contributed by atoms with van der Waals surface area (Å²) in [4.78, 5) is 18.2. The van der Waals surface area contributed by atoms with E-state index in [1.165, 1.54) is 11.3 Å². The molecule has 7 heteroatoms. The van der Waals surface area contributed by atoms with E-state index in [1.807, 2.05) is 30.0 Å². The molecule has 2 aromatic heterocycles. The second kappa shape index (κ2) is 6.39. The number of aromatic nitrogens is 3. The van der Waals surface area contributed by atoms with Crippen LogP contribution in [0, 0.1) is 6.92 Å². The third-order valence-electron chi connectivity index (χ3n) is 3.82. The lowest BCUT2D eigenvalue weighted by Gasteiger charge is -2.31. The molecule has 2 aromatic rings. The van der Waals surface area contributed by atoms with Crippen molar-refractivity contribution < 1.29 is 4.79 Å². The number of nitrogens with zero attached hydrogens (tertiary/aromatic N) is 4. The van der Waals surface area contributed by atoms with Gasteiger partial charge in [-0.2, -0.15) is 0 Å². The van der Waals surface area contributed by atoms with E-state index < -0.39 is 0 Å². The summed E-state index contributed by atoms with van der Waals surface area (Å²) in [5, 5.41) is 12.9. The number of carbonyl (C=O) groups is 1. The molecule has 6 nitrogen and oxygen atoms in total. The van der Waals surface area contributed by atoms with E-state index in [9.17, 15) is 4.79 Å². The van der Waals surface area contributed by atoms with Gasteiger partial charge < -0.3 is 10.2 Å². The van der Waals surface area contributed by atoms with Crippen LogP contribution in [0.1, 0.15) is 36.4 Å². The van der Waals surface area contributed by atoms with Crippen molar-refractivity contribution in [2.24, 2.45) is 0 Å². The minimum Gasteiger partial charge on any atom is -0.342 e. The van der Waals surface area contributed by atoms with Gasteiger partial charge in [-0.3, -0.25) is 4.79 Å². The Morgan fingerprint density at radius 1 is 1.41 bits per heavy atom. The Kier molecular flexibility index (Phi) is 4.33. The van der Waals surface area contributed by atoms with Gasteiger partial charge in [0.25, 0.3) is 0 Å². The number of likely N-dealkylation sites (tertiary alicyclic amines) is 1. The third-order valence-corrected chi connectivity index (χ3v) is 4.57. The molecule has 1 fully saturated rings. The van der Waals surface area contributed by atoms with Gasteiger partial charge in [0, 0.05) is 31.6 Å². The minimum atomic E-state index is 0.142. The minimum absolute atomic E-state index is 0.142. The Labute approximate surface area is 133 Å². The molecule has 0 unspecified atom stereocenters. The first-order chi connectivity index (χ1) is 10.6. The fourth-order valence-corrected chi connectivity index (χ4v) is 3.31. The van der Waals surface area contributed by atoms with Crippen molar-refractivity contribution in [3.05, 3.63) is 28.9 Å². The molecule has 116 valence electrons. The fourth-order valence-electron chi connectivity index (χ4n) is 2.71. The maximum absolute atomic E-state index is 11.6. The molecule has 3 rings (SSSR count). The molecule has 1 N–H and O–H groups in total. The molecule has 22 heavy (non-hydrogen) atoms. The van der Waals surface area contributed by atoms with Crippen LogP contribution in [0.25, 0.3) is 0 Å². The number of rotatable bonds is 3. The van der Waals surface area contributed by atoms with Gasteiger partial charge in [0.2, 0.25) is 11.0 Å². The Morgan fingerprint density at radius 2 is 2.27 bits per heavy atom. The molecule has 1 amide bonds. The molecule has 1 aliphatic heterocycles. The SMILES string of the molecule is CC(=O)N1CCC[C@H](c2cccc(Nc3nnc(C)s3)n2)C1. The predicted octanol–water partition coefficient (Wildman–Crippen LogP) is 2.71. The van der Waals surface area contributed by atoms with E-state index in [4.69, 9.17) is 0 Å². The molecular formula is C15H19N5OS. The topological polar surface area (TPSA) is 71.0 Å². The van der Waals surface area contributed by atoms with Crippen LogP contribution in [0.5, 0.6) is 0 Å². The van der Waals surface area contributed by atoms with Crippen molar-refractivity contribution in [3.63, 3.8) is 0 Å². The highest BCUT2D eigenvalue weighted by Crippen LogP contribution is 2.27. The number of carbonyl (C=O) groups excluding carboxylic acids is 1. The molecule has 0 aliphatic carbocycles. The summed E-state index contributed by atoms with van der Waals surface area (Å²) in [6.07, 6.45) is 2.09. The van der Waals surface area contributed by atoms with Gasteiger partial charge in [0.15, 0.2) is 0 Å². The number of anilines is 2. The van der Waals surface area contributed by atoms with Crippen LogP contribution in [-0.4, -0.2) is 39.1 Å². The van der Waals surface area contributed by atoms with E-state index in [-0.39, 0.29) is 5.91 Å². The highest BCUT2D eigenvalue weighted by molar-refractivity contribution is 7.15. The predicted molar refractivity (Wildman–Crippen MR) is 86.4 cm³/mol. The summed E-state index contributed by atoms with van der Waals surface area (Å²) in [6.45, 7) is 5.16. The molecule has 0 radical (unpaired) electrons. The Bertz CT molecular complexity index is 671. The largest absolute Gasteiger partial charge is 0.342 e. The summed E-state index contributed by atoms with van der Waals surface area (Å²) in [5.74, 6) is 1.22. The number of amides is 1. The number of piperidine rings is 1. The van der Waals surface area contributed by atoms with Gasteiger partial charge >= 0.3 is 0 Å². The highest BCUT2D eigenvalue weighted by Gasteiger charge is 2.23. The van der Waals surface area contributed by atoms with Crippen LogP contribution >= 0.6 is 11.3 Å². The highest BCUT2D eigenvalue weighted by atomic mass is 32.1. The second-order valence-electron chi connectivity index (χ2n) is 5.50. The lowest BCUT2D eigenvalue weighted by atomic mass is 9.94. The Hall–Kier alpha value is -2.02. The van der Waals surface area contributed by atoms with E-state index in [0.717, 1.165) is 47.6 Å². The monoisotopic (exact) mass is 317 g/mol. The van der Waals surface area contributed by atoms with Crippen molar-refractivity contribution in [1.29, 1.82) is 0 Å². The lowest BCUT2D eigenvalue weighted by Crippen LogP contribution is -2.37. The van der Waals surface area contributed by atoms with E-state index in [1.54, 1.807) is 6.92 Å². The van der Waals surface area contributed by atoms with Crippen molar-refractivity contribution in [1.82, 2.24) is 20.1 Å². The number of nitrogens with one attached hydrogen (secondary N) is 1. The maximum Gasteiger partial charge on any atom is 0.219 e. The first-order valence-electron chi connectivity index (χ1n) is 7.41. The smallest absolute Gasteiger partial charge is 0.219 e. The molecule has 0 spiro atoms. The third kappa shape index (κ3) is 3.41. The molecule has 3 heterocycles.